The Kier molecular flexibility index (Phi) is 5.49. The Bertz CT molecular complexity index is 1670. The van der Waals surface area contributed by atoms with Crippen molar-refractivity contribution in [2.45, 2.75) is 32.6 Å². The predicted molar refractivity (Wildman–Crippen MR) is 154 cm³/mol. The number of hydrogen-bond acceptors (Lipinski definition) is 2. The minimum absolute atomic E-state index is 0.133. The first kappa shape index (κ1) is 23.2. The smallest absolute Gasteiger partial charge is 0.333 e. The van der Waals surface area contributed by atoms with Crippen LogP contribution < -0.4 is 0 Å². The number of rotatable bonds is 5. The van der Waals surface area contributed by atoms with Crippen molar-refractivity contribution >= 4 is 27.5 Å². The molecule has 0 heterocycles. The summed E-state index contributed by atoms with van der Waals surface area (Å²) >= 11 is 0. The molecule has 0 saturated heterocycles. The SMILES string of the molecule is C=C(C)C(=O)OCCc1ccc2c(c1)C(C)(C)c1cc(-c3c4ccccc4cc4ccccc34)ccc1-2. The lowest BCUT2D eigenvalue weighted by molar-refractivity contribution is -0.138. The van der Waals surface area contributed by atoms with Gasteiger partial charge in [0.1, 0.15) is 0 Å². The summed E-state index contributed by atoms with van der Waals surface area (Å²) in [6, 6.07) is 33.3. The summed E-state index contributed by atoms with van der Waals surface area (Å²) in [7, 11) is 0. The number of carbonyl (C=O) groups is 1. The molecule has 5 aromatic carbocycles. The lowest BCUT2D eigenvalue weighted by atomic mass is 9.80. The van der Waals surface area contributed by atoms with Crippen LogP contribution in [0.5, 0.6) is 0 Å². The number of carbonyl (C=O) groups excluding carboxylic acids is 1. The highest BCUT2D eigenvalue weighted by Gasteiger charge is 2.36. The molecule has 0 saturated carbocycles. The van der Waals surface area contributed by atoms with E-state index in [1.54, 1.807) is 6.92 Å². The Morgan fingerprint density at radius 2 is 1.38 bits per heavy atom. The second-order valence-electron chi connectivity index (χ2n) is 10.6. The fourth-order valence-electron chi connectivity index (χ4n) is 5.81. The monoisotopic (exact) mass is 482 g/mol. The molecule has 0 bridgehead atoms. The molecule has 0 aliphatic heterocycles. The van der Waals surface area contributed by atoms with Crippen molar-refractivity contribution in [2.24, 2.45) is 0 Å². The van der Waals surface area contributed by atoms with Crippen LogP contribution in [-0.4, -0.2) is 12.6 Å². The van der Waals surface area contributed by atoms with Gasteiger partial charge in [0.25, 0.3) is 0 Å². The quantitative estimate of drug-likeness (QED) is 0.142. The van der Waals surface area contributed by atoms with Crippen LogP contribution in [-0.2, 0) is 21.4 Å². The topological polar surface area (TPSA) is 26.3 Å². The van der Waals surface area contributed by atoms with Gasteiger partial charge in [0.15, 0.2) is 0 Å². The molecule has 0 atom stereocenters. The van der Waals surface area contributed by atoms with E-state index < -0.39 is 0 Å². The molecule has 0 fully saturated rings. The standard InChI is InChI=1S/C35H30O2/c1-22(2)34(36)37-18-17-23-13-15-29-30-16-14-26(21-32(30)35(3,4)31(29)19-23)33-27-11-7-5-9-24(27)20-25-10-6-8-12-28(25)33/h5-16,19-21H,1,17-18H2,2-4H3. The Balaban J connectivity index is 1.42. The molecule has 182 valence electrons. The maximum Gasteiger partial charge on any atom is 0.333 e. The van der Waals surface area contributed by atoms with Crippen LogP contribution in [0.25, 0.3) is 43.8 Å². The van der Waals surface area contributed by atoms with Crippen LogP contribution in [0.3, 0.4) is 0 Å². The predicted octanol–water partition coefficient (Wildman–Crippen LogP) is 8.63. The van der Waals surface area contributed by atoms with Gasteiger partial charge in [-0.1, -0.05) is 99.3 Å². The molecule has 2 nitrogen and oxygen atoms in total. The lowest BCUT2D eigenvalue weighted by Gasteiger charge is -2.23. The molecule has 1 aliphatic carbocycles. The second-order valence-corrected chi connectivity index (χ2v) is 10.6. The zero-order chi connectivity index (χ0) is 25.7. The van der Waals surface area contributed by atoms with Crippen molar-refractivity contribution in [1.29, 1.82) is 0 Å². The van der Waals surface area contributed by atoms with E-state index >= 15 is 0 Å². The summed E-state index contributed by atoms with van der Waals surface area (Å²) in [5.74, 6) is -0.331. The van der Waals surface area contributed by atoms with Gasteiger partial charge in [-0.2, -0.15) is 0 Å². The third kappa shape index (κ3) is 3.84. The maximum atomic E-state index is 11.8. The average molecular weight is 483 g/mol. The van der Waals surface area contributed by atoms with Gasteiger partial charge in [-0.05, 0) is 79.5 Å². The van der Waals surface area contributed by atoms with Crippen LogP contribution in [0.1, 0.15) is 37.5 Å². The van der Waals surface area contributed by atoms with E-state index in [9.17, 15) is 4.79 Å². The zero-order valence-corrected chi connectivity index (χ0v) is 21.6. The third-order valence-corrected chi connectivity index (χ3v) is 7.77. The van der Waals surface area contributed by atoms with Crippen molar-refractivity contribution in [2.75, 3.05) is 6.61 Å². The summed E-state index contributed by atoms with van der Waals surface area (Å²) in [4.78, 5) is 11.8. The molecule has 0 unspecified atom stereocenters. The Morgan fingerprint density at radius 3 is 2.03 bits per heavy atom. The first-order valence-corrected chi connectivity index (χ1v) is 12.9. The molecule has 0 radical (unpaired) electrons. The van der Waals surface area contributed by atoms with Crippen molar-refractivity contribution in [3.8, 4) is 22.3 Å². The van der Waals surface area contributed by atoms with Gasteiger partial charge in [0, 0.05) is 17.4 Å². The van der Waals surface area contributed by atoms with E-state index in [-0.39, 0.29) is 11.4 Å². The van der Waals surface area contributed by atoms with Gasteiger partial charge in [-0.15, -0.1) is 0 Å². The maximum absolute atomic E-state index is 11.8. The first-order chi connectivity index (χ1) is 17.8. The summed E-state index contributed by atoms with van der Waals surface area (Å²) in [6.07, 6.45) is 0.686. The van der Waals surface area contributed by atoms with Crippen LogP contribution in [0.4, 0.5) is 0 Å². The van der Waals surface area contributed by atoms with E-state index in [2.05, 4.69) is 111 Å². The second kappa shape index (κ2) is 8.74. The number of fused-ring (bicyclic) bond motifs is 5. The van der Waals surface area contributed by atoms with Gasteiger partial charge in [-0.3, -0.25) is 0 Å². The molecular weight excluding hydrogens is 452 g/mol. The van der Waals surface area contributed by atoms with Crippen LogP contribution in [0, 0.1) is 0 Å². The summed E-state index contributed by atoms with van der Waals surface area (Å²) in [5.41, 5.74) is 9.28. The summed E-state index contributed by atoms with van der Waals surface area (Å²) in [5, 5.41) is 5.08. The van der Waals surface area contributed by atoms with E-state index in [4.69, 9.17) is 4.74 Å². The van der Waals surface area contributed by atoms with Gasteiger partial charge in [-0.25, -0.2) is 4.79 Å². The van der Waals surface area contributed by atoms with E-state index in [1.807, 2.05) is 0 Å². The van der Waals surface area contributed by atoms with Crippen LogP contribution in [0.15, 0.2) is 103 Å². The highest BCUT2D eigenvalue weighted by molar-refractivity contribution is 6.12. The number of benzene rings is 5. The molecule has 0 amide bonds. The van der Waals surface area contributed by atoms with Crippen molar-refractivity contribution in [3.63, 3.8) is 0 Å². The highest BCUT2D eigenvalue weighted by Crippen LogP contribution is 2.50. The minimum atomic E-state index is -0.331. The minimum Gasteiger partial charge on any atom is -0.462 e. The Hall–Kier alpha value is -4.17. The third-order valence-electron chi connectivity index (χ3n) is 7.77. The summed E-state index contributed by atoms with van der Waals surface area (Å²) < 4.78 is 5.34. The molecule has 5 aromatic rings. The van der Waals surface area contributed by atoms with Crippen LogP contribution >= 0.6 is 0 Å². The Labute approximate surface area is 218 Å². The normalized spacial score (nSPS) is 13.4. The van der Waals surface area contributed by atoms with Gasteiger partial charge in [0.2, 0.25) is 0 Å². The van der Waals surface area contributed by atoms with E-state index in [1.165, 1.54) is 60.5 Å². The molecule has 0 spiro atoms. The molecule has 0 aromatic heterocycles. The number of hydrogen-bond donors (Lipinski definition) is 0. The van der Waals surface area contributed by atoms with Crippen molar-refractivity contribution < 1.29 is 9.53 Å². The fraction of sp³-hybridized carbons (Fsp3) is 0.171. The first-order valence-electron chi connectivity index (χ1n) is 12.9. The largest absolute Gasteiger partial charge is 0.462 e. The van der Waals surface area contributed by atoms with E-state index in [0.717, 1.165) is 0 Å². The molecular formula is C35H30O2. The molecule has 37 heavy (non-hydrogen) atoms. The number of ether oxygens (including phenoxy) is 1. The average Bonchev–Trinajstić information content (AvgIpc) is 3.12. The molecule has 2 heteroatoms. The molecule has 6 rings (SSSR count). The number of esters is 1. The van der Waals surface area contributed by atoms with Gasteiger partial charge >= 0.3 is 5.97 Å². The van der Waals surface area contributed by atoms with Crippen LogP contribution in [0.2, 0.25) is 0 Å². The highest BCUT2D eigenvalue weighted by atomic mass is 16.5. The lowest BCUT2D eigenvalue weighted by Crippen LogP contribution is -2.15. The zero-order valence-electron chi connectivity index (χ0n) is 21.6. The van der Waals surface area contributed by atoms with Crippen molar-refractivity contribution in [3.05, 3.63) is 120 Å². The van der Waals surface area contributed by atoms with Crippen molar-refractivity contribution in [1.82, 2.24) is 0 Å². The molecule has 0 N–H and O–H groups in total. The molecule has 1 aliphatic rings. The van der Waals surface area contributed by atoms with Gasteiger partial charge < -0.3 is 4.74 Å². The van der Waals surface area contributed by atoms with Gasteiger partial charge in [0.05, 0.1) is 6.61 Å². The van der Waals surface area contributed by atoms with E-state index in [0.29, 0.717) is 18.6 Å². The summed E-state index contributed by atoms with van der Waals surface area (Å²) in [6.45, 7) is 10.3. The Morgan fingerprint density at radius 1 is 0.784 bits per heavy atom. The fourth-order valence-corrected chi connectivity index (χ4v) is 5.81.